The van der Waals surface area contributed by atoms with Crippen LogP contribution in [0.1, 0.15) is 0 Å². The summed E-state index contributed by atoms with van der Waals surface area (Å²) in [5.74, 6) is 0.342. The number of rotatable bonds is 14. The van der Waals surface area contributed by atoms with Gasteiger partial charge in [-0.1, -0.05) is 95.6 Å². The number of alkyl halides is 7. The van der Waals surface area contributed by atoms with Crippen LogP contribution in [0.15, 0.2) is 0 Å². The molecule has 0 N–H and O–H groups in total. The second-order valence-corrected chi connectivity index (χ2v) is 11.7. The normalized spacial score (nSPS) is 17.7. The molecule has 0 aliphatic rings. The Morgan fingerprint density at radius 2 is 1.35 bits per heavy atom. The summed E-state index contributed by atoms with van der Waals surface area (Å²) in [5, 5.41) is 2.51. The minimum atomic E-state index is -3.69. The summed E-state index contributed by atoms with van der Waals surface area (Å²) in [5.41, 5.74) is -0.392. The van der Waals surface area contributed by atoms with Gasteiger partial charge in [0.05, 0.1) is 19.8 Å². The van der Waals surface area contributed by atoms with E-state index in [0.717, 1.165) is 0 Å². The molecule has 0 bridgehead atoms. The number of phosphoric ester groups is 1. The van der Waals surface area contributed by atoms with Gasteiger partial charge in [0.2, 0.25) is 0 Å². The van der Waals surface area contributed by atoms with E-state index in [4.69, 9.17) is 25.2 Å². The van der Waals surface area contributed by atoms with Gasteiger partial charge in [-0.05, 0) is 0 Å². The lowest BCUT2D eigenvalue weighted by Gasteiger charge is -2.29. The zero-order chi connectivity index (χ0) is 17.9. The molecule has 23 heavy (non-hydrogen) atoms. The maximum absolute atomic E-state index is 12.8. The minimum Gasteiger partial charge on any atom is -0.286 e. The summed E-state index contributed by atoms with van der Waals surface area (Å²) in [7, 11) is -3.69. The van der Waals surface area contributed by atoms with Gasteiger partial charge in [-0.15, -0.1) is 11.6 Å². The number of phosphoric acid groups is 1. The molecular formula is C11H18Br6ClO4P. The second-order valence-electron chi connectivity index (χ2n) is 4.72. The zero-order valence-corrected chi connectivity index (χ0v) is 23.2. The van der Waals surface area contributed by atoms with Crippen LogP contribution in [0.2, 0.25) is 0 Å². The van der Waals surface area contributed by atoms with Crippen LogP contribution >= 0.6 is 115 Å². The van der Waals surface area contributed by atoms with E-state index in [-0.39, 0.29) is 29.5 Å². The number of hydrogen-bond acceptors (Lipinski definition) is 4. The molecule has 0 aromatic rings. The Labute approximate surface area is 193 Å². The fraction of sp³-hybridized carbons (Fsp3) is 1.00. The van der Waals surface area contributed by atoms with Crippen LogP contribution in [-0.4, -0.2) is 56.7 Å². The lowest BCUT2D eigenvalue weighted by molar-refractivity contribution is 0.0917. The SMILES string of the molecule is O=P(OCC(Br)CBr)(OCC(Br)CBr)OCC(CCl)(CBr)CBr. The molecule has 0 aromatic heterocycles. The Morgan fingerprint density at radius 3 is 1.65 bits per heavy atom. The van der Waals surface area contributed by atoms with E-state index in [1.165, 1.54) is 0 Å². The van der Waals surface area contributed by atoms with Crippen LogP contribution in [0.3, 0.4) is 0 Å². The summed E-state index contributed by atoms with van der Waals surface area (Å²) in [6.07, 6.45) is 0. The van der Waals surface area contributed by atoms with E-state index in [1.807, 2.05) is 0 Å². The van der Waals surface area contributed by atoms with Crippen LogP contribution in [0, 0.1) is 5.41 Å². The van der Waals surface area contributed by atoms with E-state index in [2.05, 4.69) is 95.6 Å². The fourth-order valence-electron chi connectivity index (χ4n) is 0.984. The summed E-state index contributed by atoms with van der Waals surface area (Å²) in [4.78, 5) is 0.00760. The second kappa shape index (κ2) is 14.3. The summed E-state index contributed by atoms with van der Waals surface area (Å²) >= 11 is 26.3. The average Bonchev–Trinajstić information content (AvgIpc) is 2.59. The third-order valence-electron chi connectivity index (χ3n) is 2.54. The largest absolute Gasteiger partial charge is 0.474 e. The van der Waals surface area contributed by atoms with Crippen LogP contribution in [0.25, 0.3) is 0 Å². The number of halogens is 7. The molecule has 12 heteroatoms. The van der Waals surface area contributed by atoms with Crippen LogP contribution in [-0.2, 0) is 18.1 Å². The van der Waals surface area contributed by atoms with Crippen molar-refractivity contribution in [3.05, 3.63) is 0 Å². The molecule has 0 heterocycles. The van der Waals surface area contributed by atoms with E-state index < -0.39 is 13.2 Å². The monoisotopic (exact) mass is 754 g/mol. The maximum Gasteiger partial charge on any atom is 0.474 e. The first kappa shape index (κ1) is 26.3. The third kappa shape index (κ3) is 11.0. The van der Waals surface area contributed by atoms with Crippen molar-refractivity contribution in [2.75, 3.05) is 47.0 Å². The first-order valence-corrected chi connectivity index (χ1v) is 14.7. The van der Waals surface area contributed by atoms with Crippen molar-refractivity contribution >= 4 is 115 Å². The average molecular weight is 760 g/mol. The molecule has 0 aliphatic carbocycles. The molecule has 2 unspecified atom stereocenters. The molecule has 0 saturated heterocycles. The van der Waals surface area contributed by atoms with Gasteiger partial charge in [-0.3, -0.25) is 13.6 Å². The molecule has 0 radical (unpaired) electrons. The standard InChI is InChI=1S/C11H18Br6ClO4P/c12-1-9(16)3-20-23(19,21-4-10(17)2-13)22-8-11(5-14,6-15)7-18/h9-10H,1-8H2. The van der Waals surface area contributed by atoms with E-state index in [1.54, 1.807) is 0 Å². The van der Waals surface area contributed by atoms with E-state index in [9.17, 15) is 4.57 Å². The predicted molar refractivity (Wildman–Crippen MR) is 119 cm³/mol. The Balaban J connectivity index is 4.85. The molecule has 0 fully saturated rings. The Morgan fingerprint density at radius 1 is 0.913 bits per heavy atom. The first-order chi connectivity index (χ1) is 10.8. The van der Waals surface area contributed by atoms with Crippen molar-refractivity contribution in [2.24, 2.45) is 5.41 Å². The van der Waals surface area contributed by atoms with Crippen molar-refractivity contribution in [3.8, 4) is 0 Å². The van der Waals surface area contributed by atoms with Gasteiger partial charge in [-0.2, -0.15) is 0 Å². The Bertz CT molecular complexity index is 337. The summed E-state index contributed by atoms with van der Waals surface area (Å²) in [6.45, 7) is 0.535. The highest BCUT2D eigenvalue weighted by atomic mass is 79.9. The molecule has 0 rings (SSSR count). The first-order valence-electron chi connectivity index (χ1n) is 6.42. The van der Waals surface area contributed by atoms with E-state index >= 15 is 0 Å². The minimum absolute atomic E-state index is 0.00380. The Hall–Kier alpha value is 3.28. The van der Waals surface area contributed by atoms with Crippen molar-refractivity contribution in [1.82, 2.24) is 0 Å². The highest BCUT2D eigenvalue weighted by Gasteiger charge is 2.35. The quantitative estimate of drug-likeness (QED) is 0.151. The predicted octanol–water partition coefficient (Wildman–Crippen LogP) is 6.48. The fourth-order valence-corrected chi connectivity index (χ4v) is 5.78. The van der Waals surface area contributed by atoms with E-state index in [0.29, 0.717) is 27.2 Å². The molecule has 4 nitrogen and oxygen atoms in total. The number of hydrogen-bond donors (Lipinski definition) is 0. The highest BCUT2D eigenvalue weighted by Crippen LogP contribution is 2.51. The molecule has 0 aliphatic heterocycles. The van der Waals surface area contributed by atoms with Gasteiger partial charge in [0.15, 0.2) is 0 Å². The lowest BCUT2D eigenvalue weighted by atomic mass is 9.98. The maximum atomic E-state index is 12.8. The van der Waals surface area contributed by atoms with Gasteiger partial charge in [0.25, 0.3) is 0 Å². The van der Waals surface area contributed by atoms with Crippen molar-refractivity contribution in [1.29, 1.82) is 0 Å². The van der Waals surface area contributed by atoms with Gasteiger partial charge in [0.1, 0.15) is 0 Å². The topological polar surface area (TPSA) is 44.8 Å². The molecule has 0 aromatic carbocycles. The molecule has 140 valence electrons. The zero-order valence-electron chi connectivity index (χ0n) is 12.0. The van der Waals surface area contributed by atoms with Crippen LogP contribution in [0.4, 0.5) is 0 Å². The molecule has 2 atom stereocenters. The van der Waals surface area contributed by atoms with Crippen LogP contribution < -0.4 is 0 Å². The third-order valence-corrected chi connectivity index (χ3v) is 11.3. The van der Waals surface area contributed by atoms with Gasteiger partial charge in [-0.25, -0.2) is 4.57 Å². The molecule has 0 amide bonds. The van der Waals surface area contributed by atoms with Gasteiger partial charge >= 0.3 is 7.82 Å². The summed E-state index contributed by atoms with van der Waals surface area (Å²) < 4.78 is 29.2. The van der Waals surface area contributed by atoms with Gasteiger partial charge < -0.3 is 0 Å². The molecule has 0 saturated carbocycles. The molecule has 0 spiro atoms. The smallest absolute Gasteiger partial charge is 0.286 e. The van der Waals surface area contributed by atoms with Crippen molar-refractivity contribution < 1.29 is 18.1 Å². The highest BCUT2D eigenvalue weighted by molar-refractivity contribution is 9.12. The lowest BCUT2D eigenvalue weighted by Crippen LogP contribution is -2.32. The van der Waals surface area contributed by atoms with Crippen molar-refractivity contribution in [2.45, 2.75) is 9.65 Å². The van der Waals surface area contributed by atoms with Gasteiger partial charge in [0, 0.05) is 42.3 Å². The summed E-state index contributed by atoms with van der Waals surface area (Å²) in [6, 6.07) is 0. The Kier molecular flexibility index (Phi) is 16.3. The van der Waals surface area contributed by atoms with Crippen LogP contribution in [0.5, 0.6) is 0 Å². The van der Waals surface area contributed by atoms with Crippen molar-refractivity contribution in [3.63, 3.8) is 0 Å². The molecular weight excluding hydrogens is 742 g/mol.